The lowest BCUT2D eigenvalue weighted by molar-refractivity contribution is -0.125. The van der Waals surface area contributed by atoms with Crippen molar-refractivity contribution in [3.05, 3.63) is 28.7 Å². The van der Waals surface area contributed by atoms with Crippen LogP contribution in [0.5, 0.6) is 0 Å². The maximum Gasteiger partial charge on any atom is 0.319 e. The third kappa shape index (κ3) is 5.94. The van der Waals surface area contributed by atoms with E-state index < -0.39 is 6.04 Å². The van der Waals surface area contributed by atoms with Crippen molar-refractivity contribution in [2.45, 2.75) is 50.6 Å². The standard InChI is InChI=1S/C20H29BrN4O2/c1-25-12-10-17(11-13-25)22-19(26)18(14-4-2-3-5-14)24-20(27)23-16-8-6-15(21)7-9-16/h6-9,14,17-18H,2-5,10-13H2,1H3,(H,22,26)(H2,23,24,27). The summed E-state index contributed by atoms with van der Waals surface area (Å²) in [6.07, 6.45) is 6.15. The lowest BCUT2D eigenvalue weighted by Crippen LogP contribution is -2.55. The fourth-order valence-corrected chi connectivity index (χ4v) is 4.24. The SMILES string of the molecule is CN1CCC(NC(=O)C(NC(=O)Nc2ccc(Br)cc2)C2CCCC2)CC1. The number of nitrogens with zero attached hydrogens (tertiary/aromatic N) is 1. The van der Waals surface area contributed by atoms with E-state index in [0.29, 0.717) is 5.69 Å². The summed E-state index contributed by atoms with van der Waals surface area (Å²) in [4.78, 5) is 27.7. The van der Waals surface area contributed by atoms with Crippen molar-refractivity contribution in [2.75, 3.05) is 25.5 Å². The summed E-state index contributed by atoms with van der Waals surface area (Å²) in [5, 5.41) is 8.94. The van der Waals surface area contributed by atoms with E-state index in [0.717, 1.165) is 56.1 Å². The van der Waals surface area contributed by atoms with Gasteiger partial charge in [0.25, 0.3) is 0 Å². The molecule has 2 aliphatic rings. The summed E-state index contributed by atoms with van der Waals surface area (Å²) in [7, 11) is 2.10. The molecule has 3 rings (SSSR count). The second kappa shape index (κ2) is 9.55. The molecule has 148 valence electrons. The summed E-state index contributed by atoms with van der Waals surface area (Å²) in [5.41, 5.74) is 0.705. The molecule has 1 unspecified atom stereocenters. The first-order valence-corrected chi connectivity index (χ1v) is 10.6. The second-order valence-electron chi connectivity index (χ2n) is 7.71. The van der Waals surface area contributed by atoms with Crippen molar-refractivity contribution < 1.29 is 9.59 Å². The predicted octanol–water partition coefficient (Wildman–Crippen LogP) is 3.34. The van der Waals surface area contributed by atoms with Crippen molar-refractivity contribution in [3.63, 3.8) is 0 Å². The van der Waals surface area contributed by atoms with Crippen LogP contribution in [0, 0.1) is 5.92 Å². The van der Waals surface area contributed by atoms with Gasteiger partial charge in [0, 0.05) is 16.2 Å². The number of anilines is 1. The molecule has 0 radical (unpaired) electrons. The number of amides is 3. The van der Waals surface area contributed by atoms with Crippen LogP contribution < -0.4 is 16.0 Å². The van der Waals surface area contributed by atoms with Crippen LogP contribution >= 0.6 is 15.9 Å². The van der Waals surface area contributed by atoms with Crippen LogP contribution in [0.2, 0.25) is 0 Å². The second-order valence-corrected chi connectivity index (χ2v) is 8.63. The monoisotopic (exact) mass is 436 g/mol. The molecule has 6 nitrogen and oxygen atoms in total. The van der Waals surface area contributed by atoms with E-state index in [-0.39, 0.29) is 23.9 Å². The Labute approximate surface area is 169 Å². The number of benzene rings is 1. The van der Waals surface area contributed by atoms with Gasteiger partial charge in [-0.2, -0.15) is 0 Å². The van der Waals surface area contributed by atoms with Gasteiger partial charge in [0.1, 0.15) is 6.04 Å². The molecule has 0 aromatic heterocycles. The predicted molar refractivity (Wildman–Crippen MR) is 111 cm³/mol. The van der Waals surface area contributed by atoms with Gasteiger partial charge in [-0.05, 0) is 76.0 Å². The molecule has 27 heavy (non-hydrogen) atoms. The Balaban J connectivity index is 1.59. The zero-order valence-electron chi connectivity index (χ0n) is 15.8. The number of carbonyl (C=O) groups excluding carboxylic acids is 2. The zero-order chi connectivity index (χ0) is 19.2. The number of rotatable bonds is 5. The minimum atomic E-state index is -0.470. The van der Waals surface area contributed by atoms with Crippen LogP contribution in [0.15, 0.2) is 28.7 Å². The minimum Gasteiger partial charge on any atom is -0.351 e. The molecular formula is C20H29BrN4O2. The molecule has 3 N–H and O–H groups in total. The highest BCUT2D eigenvalue weighted by Gasteiger charge is 2.33. The summed E-state index contributed by atoms with van der Waals surface area (Å²) in [5.74, 6) is 0.175. The summed E-state index contributed by atoms with van der Waals surface area (Å²) in [6.45, 7) is 1.99. The van der Waals surface area contributed by atoms with E-state index >= 15 is 0 Å². The molecule has 1 heterocycles. The van der Waals surface area contributed by atoms with Crippen molar-refractivity contribution in [1.29, 1.82) is 0 Å². The Morgan fingerprint density at radius 3 is 2.33 bits per heavy atom. The van der Waals surface area contributed by atoms with Gasteiger partial charge >= 0.3 is 6.03 Å². The Kier molecular flexibility index (Phi) is 7.13. The molecule has 7 heteroatoms. The number of hydrogen-bond acceptors (Lipinski definition) is 3. The normalized spacial score (nSPS) is 20.2. The van der Waals surface area contributed by atoms with Gasteiger partial charge in [0.05, 0.1) is 0 Å². The summed E-state index contributed by atoms with van der Waals surface area (Å²) >= 11 is 3.38. The summed E-state index contributed by atoms with van der Waals surface area (Å²) in [6, 6.07) is 6.80. The van der Waals surface area contributed by atoms with E-state index in [1.807, 2.05) is 24.3 Å². The van der Waals surface area contributed by atoms with Crippen LogP contribution in [-0.2, 0) is 4.79 Å². The summed E-state index contributed by atoms with van der Waals surface area (Å²) < 4.78 is 0.954. The fraction of sp³-hybridized carbons (Fsp3) is 0.600. The van der Waals surface area contributed by atoms with Gasteiger partial charge < -0.3 is 20.9 Å². The first-order valence-electron chi connectivity index (χ1n) is 9.83. The van der Waals surface area contributed by atoms with Crippen LogP contribution in [0.3, 0.4) is 0 Å². The Bertz CT molecular complexity index is 638. The van der Waals surface area contributed by atoms with Crippen molar-refractivity contribution >= 4 is 33.6 Å². The van der Waals surface area contributed by atoms with E-state index in [1.165, 1.54) is 0 Å². The smallest absolute Gasteiger partial charge is 0.319 e. The van der Waals surface area contributed by atoms with Gasteiger partial charge in [-0.15, -0.1) is 0 Å². The molecule has 2 fully saturated rings. The number of carbonyl (C=O) groups is 2. The highest BCUT2D eigenvalue weighted by molar-refractivity contribution is 9.10. The molecule has 1 atom stereocenters. The van der Waals surface area contributed by atoms with Crippen molar-refractivity contribution in [3.8, 4) is 0 Å². The minimum absolute atomic E-state index is 0.0394. The maximum atomic E-state index is 12.9. The molecule has 0 bridgehead atoms. The third-order valence-electron chi connectivity index (χ3n) is 5.61. The first-order chi connectivity index (χ1) is 13.0. The number of hydrogen-bond donors (Lipinski definition) is 3. The molecule has 1 aromatic carbocycles. The number of urea groups is 1. The molecule has 1 saturated heterocycles. The average Bonchev–Trinajstić information content (AvgIpc) is 3.18. The Hall–Kier alpha value is -1.60. The topological polar surface area (TPSA) is 73.5 Å². The van der Waals surface area contributed by atoms with Crippen LogP contribution in [-0.4, -0.2) is 49.1 Å². The number of piperidine rings is 1. The van der Waals surface area contributed by atoms with Gasteiger partial charge in [0.15, 0.2) is 0 Å². The quantitative estimate of drug-likeness (QED) is 0.662. The largest absolute Gasteiger partial charge is 0.351 e. The van der Waals surface area contributed by atoms with E-state index in [9.17, 15) is 9.59 Å². The lowest BCUT2D eigenvalue weighted by Gasteiger charge is -2.32. The molecular weight excluding hydrogens is 408 g/mol. The van der Waals surface area contributed by atoms with E-state index in [2.05, 4.69) is 43.8 Å². The molecule has 1 saturated carbocycles. The lowest BCUT2D eigenvalue weighted by atomic mass is 9.96. The number of halogens is 1. The van der Waals surface area contributed by atoms with Crippen LogP contribution in [0.25, 0.3) is 0 Å². The van der Waals surface area contributed by atoms with Gasteiger partial charge in [-0.25, -0.2) is 4.79 Å². The van der Waals surface area contributed by atoms with E-state index in [1.54, 1.807) is 0 Å². The number of likely N-dealkylation sites (tertiary alicyclic amines) is 1. The molecule has 1 aliphatic carbocycles. The zero-order valence-corrected chi connectivity index (χ0v) is 17.4. The van der Waals surface area contributed by atoms with Gasteiger partial charge in [0.2, 0.25) is 5.91 Å². The van der Waals surface area contributed by atoms with E-state index in [4.69, 9.17) is 0 Å². The first kappa shape index (κ1) is 20.1. The molecule has 0 spiro atoms. The van der Waals surface area contributed by atoms with Crippen LogP contribution in [0.4, 0.5) is 10.5 Å². The Morgan fingerprint density at radius 2 is 1.70 bits per heavy atom. The van der Waals surface area contributed by atoms with Crippen molar-refractivity contribution in [1.82, 2.24) is 15.5 Å². The highest BCUT2D eigenvalue weighted by Crippen LogP contribution is 2.28. The maximum absolute atomic E-state index is 12.9. The molecule has 3 amide bonds. The molecule has 1 aromatic rings. The third-order valence-corrected chi connectivity index (χ3v) is 6.14. The van der Waals surface area contributed by atoms with Crippen LogP contribution in [0.1, 0.15) is 38.5 Å². The van der Waals surface area contributed by atoms with Crippen molar-refractivity contribution in [2.24, 2.45) is 5.92 Å². The molecule has 1 aliphatic heterocycles. The van der Waals surface area contributed by atoms with Gasteiger partial charge in [-0.1, -0.05) is 28.8 Å². The number of nitrogens with one attached hydrogen (secondary N) is 3. The van der Waals surface area contributed by atoms with Gasteiger partial charge in [-0.3, -0.25) is 4.79 Å². The highest BCUT2D eigenvalue weighted by atomic mass is 79.9. The Morgan fingerprint density at radius 1 is 1.07 bits per heavy atom. The fourth-order valence-electron chi connectivity index (χ4n) is 3.97. The average molecular weight is 437 g/mol.